The first-order valence-electron chi connectivity index (χ1n) is 6.92. The maximum atomic E-state index is 11.4. The number of hydrogen-bond acceptors (Lipinski definition) is 3. The molecule has 1 aromatic carbocycles. The fourth-order valence-corrected chi connectivity index (χ4v) is 2.30. The molecule has 0 aliphatic carbocycles. The molecule has 5 heteroatoms. The highest BCUT2D eigenvalue weighted by Gasteiger charge is 2.14. The molecule has 5 nitrogen and oxygen atoms in total. The average Bonchev–Trinajstić information content (AvgIpc) is 2.79. The van der Waals surface area contributed by atoms with Crippen LogP contribution < -0.4 is 5.56 Å². The van der Waals surface area contributed by atoms with Crippen molar-refractivity contribution in [3.8, 4) is 11.4 Å². The van der Waals surface area contributed by atoms with Gasteiger partial charge in [0, 0.05) is 11.6 Å². The summed E-state index contributed by atoms with van der Waals surface area (Å²) in [6.45, 7) is 8.39. The summed E-state index contributed by atoms with van der Waals surface area (Å²) < 4.78 is 1.59. The number of H-pyrrole nitrogens is 1. The zero-order valence-corrected chi connectivity index (χ0v) is 12.6. The van der Waals surface area contributed by atoms with Gasteiger partial charge in [-0.05, 0) is 17.9 Å². The lowest BCUT2D eigenvalue weighted by molar-refractivity contribution is 0.590. The van der Waals surface area contributed by atoms with E-state index in [9.17, 15) is 4.79 Å². The summed E-state index contributed by atoms with van der Waals surface area (Å²) in [7, 11) is 0. The molecule has 0 saturated heterocycles. The zero-order chi connectivity index (χ0) is 15.2. The number of aromatic nitrogens is 4. The van der Waals surface area contributed by atoms with Gasteiger partial charge in [-0.25, -0.2) is 14.5 Å². The van der Waals surface area contributed by atoms with Gasteiger partial charge in [0.15, 0.2) is 11.5 Å². The molecule has 21 heavy (non-hydrogen) atoms. The first kappa shape index (κ1) is 13.5. The Morgan fingerprint density at radius 2 is 1.76 bits per heavy atom. The van der Waals surface area contributed by atoms with Crippen molar-refractivity contribution in [2.75, 3.05) is 0 Å². The highest BCUT2D eigenvalue weighted by atomic mass is 16.1. The normalized spacial score (nSPS) is 12.0. The Morgan fingerprint density at radius 1 is 1.10 bits per heavy atom. The van der Waals surface area contributed by atoms with Crippen LogP contribution >= 0.6 is 0 Å². The molecule has 2 heterocycles. The van der Waals surface area contributed by atoms with Gasteiger partial charge in [0.05, 0.1) is 0 Å². The van der Waals surface area contributed by atoms with E-state index in [-0.39, 0.29) is 11.0 Å². The standard InChI is InChI=1S/C16H18N4O/c1-10-17-15(18-13-9-14(21)19-20(10)13)11-5-7-12(8-6-11)16(2,3)4/h5-9H,1-4H3,(H,19,21). The van der Waals surface area contributed by atoms with Crippen LogP contribution in [0.5, 0.6) is 0 Å². The Labute approximate surface area is 122 Å². The summed E-state index contributed by atoms with van der Waals surface area (Å²) in [6.07, 6.45) is 0. The van der Waals surface area contributed by atoms with Crippen molar-refractivity contribution in [1.29, 1.82) is 0 Å². The molecule has 0 aliphatic rings. The summed E-state index contributed by atoms with van der Waals surface area (Å²) in [5, 5.41) is 2.67. The minimum absolute atomic E-state index is 0.118. The maximum Gasteiger partial charge on any atom is 0.266 e. The van der Waals surface area contributed by atoms with Crippen LogP contribution in [-0.4, -0.2) is 19.6 Å². The highest BCUT2D eigenvalue weighted by molar-refractivity contribution is 5.58. The second-order valence-corrected chi connectivity index (χ2v) is 6.24. The molecule has 2 aromatic heterocycles. The summed E-state index contributed by atoms with van der Waals surface area (Å²) in [5.41, 5.74) is 2.74. The lowest BCUT2D eigenvalue weighted by Gasteiger charge is -2.19. The van der Waals surface area contributed by atoms with Crippen LogP contribution in [0.25, 0.3) is 17.0 Å². The van der Waals surface area contributed by atoms with E-state index < -0.39 is 0 Å². The number of nitrogens with one attached hydrogen (secondary N) is 1. The van der Waals surface area contributed by atoms with Crippen LogP contribution in [0.1, 0.15) is 32.2 Å². The molecule has 0 fully saturated rings. The molecule has 1 N–H and O–H groups in total. The van der Waals surface area contributed by atoms with Gasteiger partial charge >= 0.3 is 0 Å². The Balaban J connectivity index is 2.10. The van der Waals surface area contributed by atoms with E-state index in [0.29, 0.717) is 17.3 Å². The predicted octanol–water partition coefficient (Wildman–Crippen LogP) is 2.69. The summed E-state index contributed by atoms with van der Waals surface area (Å²) in [5.74, 6) is 1.34. The maximum absolute atomic E-state index is 11.4. The second-order valence-electron chi connectivity index (χ2n) is 6.24. The SMILES string of the molecule is Cc1nc(-c2ccc(C(C)(C)C)cc2)nc2cc(=O)[nH]n12. The van der Waals surface area contributed by atoms with Gasteiger partial charge in [-0.2, -0.15) is 0 Å². The van der Waals surface area contributed by atoms with Gasteiger partial charge in [-0.15, -0.1) is 0 Å². The van der Waals surface area contributed by atoms with E-state index in [1.165, 1.54) is 11.6 Å². The number of benzene rings is 1. The number of rotatable bonds is 1. The van der Waals surface area contributed by atoms with E-state index >= 15 is 0 Å². The first-order valence-corrected chi connectivity index (χ1v) is 6.92. The van der Waals surface area contributed by atoms with E-state index in [1.807, 2.05) is 19.1 Å². The molecule has 3 aromatic rings. The van der Waals surface area contributed by atoms with Gasteiger partial charge in [0.2, 0.25) is 0 Å². The summed E-state index contributed by atoms with van der Waals surface area (Å²) in [6, 6.07) is 9.72. The molecule has 0 saturated carbocycles. The minimum atomic E-state index is -0.173. The van der Waals surface area contributed by atoms with Crippen molar-refractivity contribution in [1.82, 2.24) is 19.6 Å². The van der Waals surface area contributed by atoms with Crippen LogP contribution in [0.4, 0.5) is 0 Å². The van der Waals surface area contributed by atoms with Crippen LogP contribution in [0.2, 0.25) is 0 Å². The van der Waals surface area contributed by atoms with Gasteiger partial charge < -0.3 is 0 Å². The molecule has 0 amide bonds. The third-order valence-corrected chi connectivity index (χ3v) is 3.53. The van der Waals surface area contributed by atoms with Crippen molar-refractivity contribution >= 4 is 5.65 Å². The smallest absolute Gasteiger partial charge is 0.266 e. The number of aryl methyl sites for hydroxylation is 1. The summed E-state index contributed by atoms with van der Waals surface area (Å²) in [4.78, 5) is 20.3. The largest absolute Gasteiger partial charge is 0.268 e. The van der Waals surface area contributed by atoms with E-state index in [1.54, 1.807) is 4.52 Å². The topological polar surface area (TPSA) is 63.0 Å². The van der Waals surface area contributed by atoms with Gasteiger partial charge in [-0.1, -0.05) is 45.0 Å². The van der Waals surface area contributed by atoms with Crippen molar-refractivity contribution in [3.05, 3.63) is 52.1 Å². The third kappa shape index (κ3) is 2.46. The van der Waals surface area contributed by atoms with Crippen molar-refractivity contribution in [3.63, 3.8) is 0 Å². The van der Waals surface area contributed by atoms with Crippen LogP contribution in [0.3, 0.4) is 0 Å². The van der Waals surface area contributed by atoms with Gasteiger partial charge in [-0.3, -0.25) is 9.89 Å². The molecule has 0 atom stereocenters. The van der Waals surface area contributed by atoms with E-state index in [2.05, 4.69) is 48.0 Å². The third-order valence-electron chi connectivity index (χ3n) is 3.53. The predicted molar refractivity (Wildman–Crippen MR) is 82.5 cm³/mol. The molecule has 108 valence electrons. The number of hydrogen-bond donors (Lipinski definition) is 1. The number of nitrogens with zero attached hydrogens (tertiary/aromatic N) is 3. The van der Waals surface area contributed by atoms with Crippen molar-refractivity contribution < 1.29 is 0 Å². The molecule has 0 radical (unpaired) electrons. The van der Waals surface area contributed by atoms with Gasteiger partial charge in [0.25, 0.3) is 5.56 Å². The first-order chi connectivity index (χ1) is 9.84. The zero-order valence-electron chi connectivity index (χ0n) is 12.6. The highest BCUT2D eigenvalue weighted by Crippen LogP contribution is 2.24. The van der Waals surface area contributed by atoms with Gasteiger partial charge in [0.1, 0.15) is 5.82 Å². The fourth-order valence-electron chi connectivity index (χ4n) is 2.30. The number of fused-ring (bicyclic) bond motifs is 1. The lowest BCUT2D eigenvalue weighted by Crippen LogP contribution is -2.10. The molecule has 0 spiro atoms. The van der Waals surface area contributed by atoms with Crippen molar-refractivity contribution in [2.45, 2.75) is 33.1 Å². The summed E-state index contributed by atoms with van der Waals surface area (Å²) >= 11 is 0. The van der Waals surface area contributed by atoms with E-state index in [0.717, 1.165) is 5.56 Å². The van der Waals surface area contributed by atoms with Crippen LogP contribution in [-0.2, 0) is 5.41 Å². The fraction of sp³-hybridized carbons (Fsp3) is 0.312. The molecule has 0 unspecified atom stereocenters. The van der Waals surface area contributed by atoms with Crippen LogP contribution in [0.15, 0.2) is 35.1 Å². The molecular formula is C16H18N4O. The van der Waals surface area contributed by atoms with Crippen LogP contribution in [0, 0.1) is 6.92 Å². The quantitative estimate of drug-likeness (QED) is 0.746. The average molecular weight is 282 g/mol. The van der Waals surface area contributed by atoms with Crippen molar-refractivity contribution in [2.24, 2.45) is 0 Å². The lowest BCUT2D eigenvalue weighted by atomic mass is 9.87. The Hall–Kier alpha value is -2.43. The number of aromatic amines is 1. The second kappa shape index (κ2) is 4.55. The minimum Gasteiger partial charge on any atom is -0.268 e. The Morgan fingerprint density at radius 3 is 2.38 bits per heavy atom. The van der Waals surface area contributed by atoms with E-state index in [4.69, 9.17) is 0 Å². The molecule has 0 bridgehead atoms. The molecular weight excluding hydrogens is 264 g/mol. The Bertz CT molecular complexity index is 851. The molecule has 3 rings (SSSR count). The monoisotopic (exact) mass is 282 g/mol. The Kier molecular flexibility index (Phi) is 2.93. The molecule has 0 aliphatic heterocycles.